The summed E-state index contributed by atoms with van der Waals surface area (Å²) in [4.78, 5) is 2.44. The lowest BCUT2D eigenvalue weighted by Crippen LogP contribution is -2.48. The van der Waals surface area contributed by atoms with Gasteiger partial charge in [0.05, 0.1) is 6.61 Å². The molecule has 0 bridgehead atoms. The summed E-state index contributed by atoms with van der Waals surface area (Å²) >= 11 is 0. The van der Waals surface area contributed by atoms with Crippen LogP contribution in [-0.2, 0) is 0 Å². The van der Waals surface area contributed by atoms with Crippen LogP contribution in [0.1, 0.15) is 52.4 Å². The van der Waals surface area contributed by atoms with E-state index in [4.69, 9.17) is 0 Å². The molecule has 1 unspecified atom stereocenters. The Bertz CT molecular complexity index is 217. The van der Waals surface area contributed by atoms with Gasteiger partial charge in [-0.15, -0.1) is 0 Å². The molecule has 0 aromatic carbocycles. The van der Waals surface area contributed by atoms with Crippen LogP contribution in [0.2, 0.25) is 0 Å². The predicted molar refractivity (Wildman–Crippen MR) is 77.9 cm³/mol. The van der Waals surface area contributed by atoms with Crippen LogP contribution in [-0.4, -0.2) is 48.8 Å². The second-order valence-electron chi connectivity index (χ2n) is 6.31. The number of hydrogen-bond acceptors (Lipinski definition) is 3. The smallest absolute Gasteiger partial charge is 0.0611 e. The lowest BCUT2D eigenvalue weighted by atomic mass is 9.98. The van der Waals surface area contributed by atoms with E-state index in [0.717, 1.165) is 31.8 Å². The van der Waals surface area contributed by atoms with E-state index >= 15 is 0 Å². The number of nitrogens with zero attached hydrogens (tertiary/aromatic N) is 1. The zero-order chi connectivity index (χ0) is 13.4. The summed E-state index contributed by atoms with van der Waals surface area (Å²) in [6, 6.07) is 0. The fourth-order valence-corrected chi connectivity index (χ4v) is 2.81. The first kappa shape index (κ1) is 15.9. The minimum Gasteiger partial charge on any atom is -0.394 e. The van der Waals surface area contributed by atoms with Gasteiger partial charge < -0.3 is 15.3 Å². The molecule has 0 aromatic rings. The molecule has 0 spiro atoms. The molecule has 3 nitrogen and oxygen atoms in total. The lowest BCUT2D eigenvalue weighted by Gasteiger charge is -2.31. The summed E-state index contributed by atoms with van der Waals surface area (Å²) in [5.41, 5.74) is -0.111. The Morgan fingerprint density at radius 3 is 2.56 bits per heavy atom. The molecule has 1 aliphatic rings. The molecular weight excluding hydrogens is 224 g/mol. The van der Waals surface area contributed by atoms with Gasteiger partial charge in [-0.25, -0.2) is 0 Å². The first-order chi connectivity index (χ1) is 8.59. The first-order valence-corrected chi connectivity index (χ1v) is 7.64. The maximum atomic E-state index is 9.53. The van der Waals surface area contributed by atoms with Crippen LogP contribution in [0.5, 0.6) is 0 Å². The largest absolute Gasteiger partial charge is 0.394 e. The molecular formula is C15H32N2O. The van der Waals surface area contributed by atoms with E-state index in [2.05, 4.69) is 31.1 Å². The zero-order valence-electron chi connectivity index (χ0n) is 12.5. The van der Waals surface area contributed by atoms with Crippen LogP contribution in [0.15, 0.2) is 0 Å². The molecule has 1 atom stereocenters. The number of rotatable bonds is 9. The second-order valence-corrected chi connectivity index (χ2v) is 6.31. The van der Waals surface area contributed by atoms with E-state index in [9.17, 15) is 5.11 Å². The molecule has 1 aliphatic carbocycles. The molecule has 1 fully saturated rings. The van der Waals surface area contributed by atoms with Crippen molar-refractivity contribution in [1.82, 2.24) is 10.2 Å². The fraction of sp³-hybridized carbons (Fsp3) is 1.00. The summed E-state index contributed by atoms with van der Waals surface area (Å²) in [7, 11) is 2.22. The normalized spacial score (nSPS) is 20.5. The Kier molecular flexibility index (Phi) is 7.20. The highest BCUT2D eigenvalue weighted by Crippen LogP contribution is 2.25. The van der Waals surface area contributed by atoms with Gasteiger partial charge >= 0.3 is 0 Å². The summed E-state index contributed by atoms with van der Waals surface area (Å²) in [6.07, 6.45) is 7.81. The number of nitrogens with one attached hydrogen (secondary N) is 1. The van der Waals surface area contributed by atoms with Crippen LogP contribution >= 0.6 is 0 Å². The number of hydrogen-bond donors (Lipinski definition) is 2. The summed E-state index contributed by atoms with van der Waals surface area (Å²) in [5, 5.41) is 13.0. The molecule has 0 radical (unpaired) electrons. The fourth-order valence-electron chi connectivity index (χ4n) is 2.81. The standard InChI is InChI=1S/C15H32N2O/c1-4-10-16-15(2,13-18)9-11-17(3)12-14-7-5-6-8-14/h14,16,18H,4-13H2,1-3H3. The third kappa shape index (κ3) is 5.68. The minimum absolute atomic E-state index is 0.111. The van der Waals surface area contributed by atoms with Crippen molar-refractivity contribution in [3.05, 3.63) is 0 Å². The minimum atomic E-state index is -0.111. The quantitative estimate of drug-likeness (QED) is 0.664. The van der Waals surface area contributed by atoms with Crippen molar-refractivity contribution in [2.45, 2.75) is 57.9 Å². The first-order valence-electron chi connectivity index (χ1n) is 7.64. The van der Waals surface area contributed by atoms with Crippen LogP contribution in [0, 0.1) is 5.92 Å². The SMILES string of the molecule is CCCNC(C)(CO)CCN(C)CC1CCCC1. The van der Waals surface area contributed by atoms with E-state index in [1.165, 1.54) is 32.2 Å². The van der Waals surface area contributed by atoms with Gasteiger partial charge in [-0.2, -0.15) is 0 Å². The van der Waals surface area contributed by atoms with Gasteiger partial charge in [0.15, 0.2) is 0 Å². The number of aliphatic hydroxyl groups excluding tert-OH is 1. The third-order valence-corrected chi connectivity index (χ3v) is 4.24. The van der Waals surface area contributed by atoms with E-state index in [-0.39, 0.29) is 12.1 Å². The number of aliphatic hydroxyl groups is 1. The van der Waals surface area contributed by atoms with Crippen molar-refractivity contribution in [2.24, 2.45) is 5.92 Å². The Balaban J connectivity index is 2.23. The van der Waals surface area contributed by atoms with Crippen molar-refractivity contribution in [1.29, 1.82) is 0 Å². The van der Waals surface area contributed by atoms with Gasteiger partial charge in [-0.3, -0.25) is 0 Å². The molecule has 108 valence electrons. The summed E-state index contributed by atoms with van der Waals surface area (Å²) < 4.78 is 0. The summed E-state index contributed by atoms with van der Waals surface area (Å²) in [6.45, 7) is 7.82. The molecule has 0 aromatic heterocycles. The average Bonchev–Trinajstić information content (AvgIpc) is 2.87. The molecule has 18 heavy (non-hydrogen) atoms. The van der Waals surface area contributed by atoms with Gasteiger partial charge in [-0.05, 0) is 58.7 Å². The molecule has 0 amide bonds. The van der Waals surface area contributed by atoms with E-state index in [1.807, 2.05) is 0 Å². The van der Waals surface area contributed by atoms with E-state index in [0.29, 0.717) is 0 Å². The highest BCUT2D eigenvalue weighted by molar-refractivity contribution is 4.83. The molecule has 0 heterocycles. The van der Waals surface area contributed by atoms with Gasteiger partial charge in [0.1, 0.15) is 0 Å². The monoisotopic (exact) mass is 256 g/mol. The van der Waals surface area contributed by atoms with Crippen molar-refractivity contribution in [3.8, 4) is 0 Å². The Labute approximate surface area is 113 Å². The Morgan fingerprint density at radius 2 is 2.00 bits per heavy atom. The van der Waals surface area contributed by atoms with Crippen molar-refractivity contribution >= 4 is 0 Å². The van der Waals surface area contributed by atoms with E-state index in [1.54, 1.807) is 0 Å². The molecule has 1 saturated carbocycles. The Morgan fingerprint density at radius 1 is 1.33 bits per heavy atom. The van der Waals surface area contributed by atoms with Crippen molar-refractivity contribution in [2.75, 3.05) is 33.3 Å². The lowest BCUT2D eigenvalue weighted by molar-refractivity contribution is 0.147. The third-order valence-electron chi connectivity index (χ3n) is 4.24. The van der Waals surface area contributed by atoms with Gasteiger partial charge in [0.2, 0.25) is 0 Å². The van der Waals surface area contributed by atoms with Gasteiger partial charge in [0.25, 0.3) is 0 Å². The van der Waals surface area contributed by atoms with Gasteiger partial charge in [-0.1, -0.05) is 19.8 Å². The highest BCUT2D eigenvalue weighted by atomic mass is 16.3. The molecule has 2 N–H and O–H groups in total. The maximum Gasteiger partial charge on any atom is 0.0611 e. The predicted octanol–water partition coefficient (Wildman–Crippen LogP) is 2.25. The Hall–Kier alpha value is -0.120. The van der Waals surface area contributed by atoms with Crippen molar-refractivity contribution in [3.63, 3.8) is 0 Å². The molecule has 1 rings (SSSR count). The molecule has 0 saturated heterocycles. The second kappa shape index (κ2) is 8.13. The zero-order valence-corrected chi connectivity index (χ0v) is 12.5. The summed E-state index contributed by atoms with van der Waals surface area (Å²) in [5.74, 6) is 0.916. The van der Waals surface area contributed by atoms with Crippen molar-refractivity contribution < 1.29 is 5.11 Å². The maximum absolute atomic E-state index is 9.53. The van der Waals surface area contributed by atoms with Crippen LogP contribution in [0.3, 0.4) is 0 Å². The molecule has 0 aliphatic heterocycles. The topological polar surface area (TPSA) is 35.5 Å². The highest BCUT2D eigenvalue weighted by Gasteiger charge is 2.23. The van der Waals surface area contributed by atoms with Crippen LogP contribution < -0.4 is 5.32 Å². The van der Waals surface area contributed by atoms with Crippen LogP contribution in [0.25, 0.3) is 0 Å². The van der Waals surface area contributed by atoms with E-state index < -0.39 is 0 Å². The van der Waals surface area contributed by atoms with Gasteiger partial charge in [0, 0.05) is 12.1 Å². The average molecular weight is 256 g/mol. The van der Waals surface area contributed by atoms with Crippen LogP contribution in [0.4, 0.5) is 0 Å². The molecule has 3 heteroatoms.